The first kappa shape index (κ1) is 14.0. The van der Waals surface area contributed by atoms with E-state index in [0.717, 1.165) is 0 Å². The van der Waals surface area contributed by atoms with Gasteiger partial charge in [-0.3, -0.25) is 5.32 Å². The summed E-state index contributed by atoms with van der Waals surface area (Å²) < 4.78 is 9.98. The van der Waals surface area contributed by atoms with Crippen LogP contribution in [-0.2, 0) is 4.74 Å². The lowest BCUT2D eigenvalue weighted by molar-refractivity contribution is 0.158. The first-order valence-corrected chi connectivity index (χ1v) is 6.35. The van der Waals surface area contributed by atoms with Crippen molar-refractivity contribution in [3.05, 3.63) is 36.6 Å². The fraction of sp³-hybridized carbons (Fsp3) is 0.154. The van der Waals surface area contributed by atoms with Gasteiger partial charge in [0.15, 0.2) is 10.9 Å². The van der Waals surface area contributed by atoms with Gasteiger partial charge in [0.1, 0.15) is 11.5 Å². The van der Waals surface area contributed by atoms with Crippen molar-refractivity contribution < 1.29 is 13.9 Å². The number of carbonyl (C=O) groups excluding carboxylic acids is 1. The minimum absolute atomic E-state index is 0.118. The van der Waals surface area contributed by atoms with Crippen LogP contribution >= 0.6 is 12.2 Å². The van der Waals surface area contributed by atoms with Gasteiger partial charge in [-0.2, -0.15) is 0 Å². The number of pyridine rings is 1. The molecule has 0 aromatic carbocycles. The van der Waals surface area contributed by atoms with Gasteiger partial charge in [-0.25, -0.2) is 9.78 Å². The van der Waals surface area contributed by atoms with Crippen LogP contribution in [-0.4, -0.2) is 22.8 Å². The fourth-order valence-electron chi connectivity index (χ4n) is 1.47. The minimum Gasteiger partial charge on any atom is -0.463 e. The predicted octanol–water partition coefficient (Wildman–Crippen LogP) is 2.78. The van der Waals surface area contributed by atoms with E-state index in [-0.39, 0.29) is 11.7 Å². The summed E-state index contributed by atoms with van der Waals surface area (Å²) in [4.78, 5) is 15.5. The van der Waals surface area contributed by atoms with Gasteiger partial charge < -0.3 is 14.5 Å². The Morgan fingerprint density at radius 3 is 2.95 bits per heavy atom. The van der Waals surface area contributed by atoms with E-state index in [1.54, 1.807) is 37.5 Å². The molecule has 0 bridgehead atoms. The predicted molar refractivity (Wildman–Crippen MR) is 78.3 cm³/mol. The molecule has 0 radical (unpaired) electrons. The number of hydrogen-bond acceptors (Lipinski definition) is 5. The topological polar surface area (TPSA) is 76.4 Å². The average molecular weight is 291 g/mol. The molecular weight excluding hydrogens is 278 g/mol. The maximum atomic E-state index is 11.2. The van der Waals surface area contributed by atoms with Crippen molar-refractivity contribution in [2.45, 2.75) is 6.92 Å². The summed E-state index contributed by atoms with van der Waals surface area (Å²) in [5.41, 5.74) is 0.666. The van der Waals surface area contributed by atoms with Crippen molar-refractivity contribution in [2.75, 3.05) is 11.9 Å². The molecule has 0 aliphatic heterocycles. The van der Waals surface area contributed by atoms with Crippen LogP contribution in [0.2, 0.25) is 0 Å². The van der Waals surface area contributed by atoms with Gasteiger partial charge >= 0.3 is 6.09 Å². The molecule has 1 amide bonds. The lowest BCUT2D eigenvalue weighted by Crippen LogP contribution is -2.34. The monoisotopic (exact) mass is 291 g/mol. The van der Waals surface area contributed by atoms with E-state index in [9.17, 15) is 4.79 Å². The molecule has 2 heterocycles. The first-order chi connectivity index (χ1) is 9.69. The van der Waals surface area contributed by atoms with E-state index in [2.05, 4.69) is 15.6 Å². The number of furan rings is 1. The maximum absolute atomic E-state index is 11.2. The van der Waals surface area contributed by atoms with Gasteiger partial charge in [-0.05, 0) is 43.4 Å². The standard InChI is InChI=1S/C13H13N3O3S/c1-2-18-13(17)16-12(20)15-11-7-3-5-9(14-11)10-6-4-8-19-10/h3-8H,2H2,1H3,(H2,14,15,16,17,20). The summed E-state index contributed by atoms with van der Waals surface area (Å²) in [6.07, 6.45) is 0.969. The van der Waals surface area contributed by atoms with Crippen molar-refractivity contribution in [1.29, 1.82) is 0 Å². The Morgan fingerprint density at radius 1 is 1.40 bits per heavy atom. The number of carbonyl (C=O) groups is 1. The van der Waals surface area contributed by atoms with Crippen LogP contribution in [0, 0.1) is 0 Å². The molecule has 2 aromatic rings. The Labute approximate surface area is 121 Å². The molecule has 2 aromatic heterocycles. The van der Waals surface area contributed by atoms with Crippen LogP contribution in [0.5, 0.6) is 0 Å². The van der Waals surface area contributed by atoms with E-state index in [4.69, 9.17) is 21.4 Å². The Hall–Kier alpha value is -2.41. The molecule has 2 N–H and O–H groups in total. The zero-order chi connectivity index (χ0) is 14.4. The number of nitrogens with one attached hydrogen (secondary N) is 2. The van der Waals surface area contributed by atoms with E-state index < -0.39 is 6.09 Å². The molecule has 6 nitrogen and oxygen atoms in total. The molecule has 0 atom stereocenters. The van der Waals surface area contributed by atoms with Crippen LogP contribution in [0.25, 0.3) is 11.5 Å². The maximum Gasteiger partial charge on any atom is 0.413 e. The molecule has 2 rings (SSSR count). The zero-order valence-electron chi connectivity index (χ0n) is 10.8. The average Bonchev–Trinajstić information content (AvgIpc) is 2.92. The number of thiocarbonyl (C=S) groups is 1. The van der Waals surface area contributed by atoms with Crippen molar-refractivity contribution in [3.63, 3.8) is 0 Å². The smallest absolute Gasteiger partial charge is 0.413 e. The highest BCUT2D eigenvalue weighted by Crippen LogP contribution is 2.18. The SMILES string of the molecule is CCOC(=O)NC(=S)Nc1cccc(-c2ccco2)n1. The van der Waals surface area contributed by atoms with Gasteiger partial charge in [0.2, 0.25) is 0 Å². The lowest BCUT2D eigenvalue weighted by Gasteiger charge is -2.09. The molecule has 20 heavy (non-hydrogen) atoms. The van der Waals surface area contributed by atoms with Gasteiger partial charge in [0.05, 0.1) is 12.9 Å². The van der Waals surface area contributed by atoms with E-state index in [1.165, 1.54) is 0 Å². The third kappa shape index (κ3) is 3.79. The summed E-state index contributed by atoms with van der Waals surface area (Å²) in [6, 6.07) is 8.93. The Balaban J connectivity index is 2.01. The lowest BCUT2D eigenvalue weighted by atomic mass is 10.3. The normalized spacial score (nSPS) is 9.85. The molecule has 0 aliphatic rings. The summed E-state index contributed by atoms with van der Waals surface area (Å²) in [5.74, 6) is 1.15. The highest BCUT2D eigenvalue weighted by Gasteiger charge is 2.07. The molecule has 7 heteroatoms. The fourth-order valence-corrected chi connectivity index (χ4v) is 1.66. The van der Waals surface area contributed by atoms with Crippen molar-refractivity contribution in [2.24, 2.45) is 0 Å². The van der Waals surface area contributed by atoms with E-state index in [0.29, 0.717) is 17.3 Å². The first-order valence-electron chi connectivity index (χ1n) is 5.94. The zero-order valence-corrected chi connectivity index (χ0v) is 11.6. The summed E-state index contributed by atoms with van der Waals surface area (Å²) >= 11 is 4.98. The molecule has 104 valence electrons. The van der Waals surface area contributed by atoms with Crippen LogP contribution in [0.15, 0.2) is 41.0 Å². The molecule has 0 aliphatic carbocycles. The number of alkyl carbamates (subject to hydrolysis) is 1. The highest BCUT2D eigenvalue weighted by atomic mass is 32.1. The van der Waals surface area contributed by atoms with Crippen LogP contribution < -0.4 is 10.6 Å². The minimum atomic E-state index is -0.604. The Kier molecular flexibility index (Phi) is 4.67. The van der Waals surface area contributed by atoms with Gasteiger partial charge in [-0.1, -0.05) is 6.07 Å². The second kappa shape index (κ2) is 6.67. The third-order valence-electron chi connectivity index (χ3n) is 2.26. The molecule has 0 spiro atoms. The number of amides is 1. The second-order valence-corrected chi connectivity index (χ2v) is 4.09. The molecule has 0 saturated carbocycles. The van der Waals surface area contributed by atoms with Gasteiger partial charge in [0, 0.05) is 0 Å². The number of ether oxygens (including phenoxy) is 1. The number of nitrogens with zero attached hydrogens (tertiary/aromatic N) is 1. The molecule has 0 unspecified atom stereocenters. The molecule has 0 saturated heterocycles. The van der Waals surface area contributed by atoms with Crippen molar-refractivity contribution in [1.82, 2.24) is 10.3 Å². The van der Waals surface area contributed by atoms with Crippen LogP contribution in [0.3, 0.4) is 0 Å². The summed E-state index contributed by atoms with van der Waals surface area (Å²) in [6.45, 7) is 1.99. The Morgan fingerprint density at radius 2 is 2.25 bits per heavy atom. The van der Waals surface area contributed by atoms with Crippen LogP contribution in [0.1, 0.15) is 6.92 Å². The van der Waals surface area contributed by atoms with E-state index in [1.807, 2.05) is 6.07 Å². The van der Waals surface area contributed by atoms with Gasteiger partial charge in [0.25, 0.3) is 0 Å². The highest BCUT2D eigenvalue weighted by molar-refractivity contribution is 7.80. The molecule has 0 fully saturated rings. The van der Waals surface area contributed by atoms with E-state index >= 15 is 0 Å². The second-order valence-electron chi connectivity index (χ2n) is 3.68. The number of aromatic nitrogens is 1. The number of hydrogen-bond donors (Lipinski definition) is 2. The summed E-state index contributed by atoms with van der Waals surface area (Å²) in [5, 5.41) is 5.30. The number of rotatable bonds is 3. The molecular formula is C13H13N3O3S. The van der Waals surface area contributed by atoms with Gasteiger partial charge in [-0.15, -0.1) is 0 Å². The largest absolute Gasteiger partial charge is 0.463 e. The van der Waals surface area contributed by atoms with Crippen LogP contribution in [0.4, 0.5) is 10.6 Å². The Bertz CT molecular complexity index is 599. The quantitative estimate of drug-likeness (QED) is 0.847. The van der Waals surface area contributed by atoms with Crippen molar-refractivity contribution in [3.8, 4) is 11.5 Å². The van der Waals surface area contributed by atoms with Crippen molar-refractivity contribution >= 4 is 29.2 Å². The third-order valence-corrected chi connectivity index (χ3v) is 2.46. The summed E-state index contributed by atoms with van der Waals surface area (Å²) in [7, 11) is 0. The number of anilines is 1.